The van der Waals surface area contributed by atoms with Crippen molar-refractivity contribution in [2.24, 2.45) is 0 Å². The summed E-state index contributed by atoms with van der Waals surface area (Å²) in [5, 5.41) is 3.35. The third-order valence-corrected chi connectivity index (χ3v) is 3.73. The molecular formula is C18H22ClN3O. The van der Waals surface area contributed by atoms with Crippen LogP contribution in [0.25, 0.3) is 0 Å². The molecule has 0 fully saturated rings. The zero-order valence-corrected chi connectivity index (χ0v) is 14.5. The van der Waals surface area contributed by atoms with Gasteiger partial charge in [-0.25, -0.2) is 4.79 Å². The zero-order valence-electron chi connectivity index (χ0n) is 13.7. The van der Waals surface area contributed by atoms with Crippen molar-refractivity contribution in [3.8, 4) is 0 Å². The molecule has 1 N–H and O–H groups in total. The number of anilines is 1. The van der Waals surface area contributed by atoms with Gasteiger partial charge in [-0.3, -0.25) is 0 Å². The van der Waals surface area contributed by atoms with Gasteiger partial charge < -0.3 is 15.1 Å². The molecule has 0 saturated heterocycles. The third kappa shape index (κ3) is 5.27. The van der Waals surface area contributed by atoms with Crippen molar-refractivity contribution >= 4 is 23.3 Å². The summed E-state index contributed by atoms with van der Waals surface area (Å²) in [5.41, 5.74) is 2.96. The third-order valence-electron chi connectivity index (χ3n) is 3.40. The van der Waals surface area contributed by atoms with Gasteiger partial charge in [-0.1, -0.05) is 48.0 Å². The number of nitrogens with one attached hydrogen (secondary N) is 1. The van der Waals surface area contributed by atoms with Gasteiger partial charge in [-0.2, -0.15) is 0 Å². The standard InChI is InChI=1S/C18H22ClN3O/c1-21(2)12-14-8-10-15(11-9-14)13-22(3)18(23)20-17-7-5-4-6-16(17)19/h4-11H,12-13H2,1-3H3,(H,20,23). The van der Waals surface area contributed by atoms with E-state index in [2.05, 4.69) is 34.5 Å². The molecule has 0 heterocycles. The molecule has 0 unspecified atom stereocenters. The lowest BCUT2D eigenvalue weighted by Crippen LogP contribution is -2.30. The first-order chi connectivity index (χ1) is 11.0. The summed E-state index contributed by atoms with van der Waals surface area (Å²) in [6.07, 6.45) is 0. The maximum Gasteiger partial charge on any atom is 0.321 e. The molecule has 23 heavy (non-hydrogen) atoms. The van der Waals surface area contributed by atoms with Crippen molar-refractivity contribution in [3.63, 3.8) is 0 Å². The lowest BCUT2D eigenvalue weighted by atomic mass is 10.1. The predicted octanol–water partition coefficient (Wildman–Crippen LogP) is 4.07. The average Bonchev–Trinajstić information content (AvgIpc) is 2.51. The molecule has 0 aliphatic carbocycles. The van der Waals surface area contributed by atoms with Gasteiger partial charge in [0.1, 0.15) is 0 Å². The van der Waals surface area contributed by atoms with Crippen LogP contribution in [-0.2, 0) is 13.1 Å². The van der Waals surface area contributed by atoms with Gasteiger partial charge in [0.05, 0.1) is 10.7 Å². The molecule has 0 saturated carbocycles. The Hall–Kier alpha value is -2.04. The Bertz CT molecular complexity index is 656. The maximum absolute atomic E-state index is 12.2. The second-order valence-electron chi connectivity index (χ2n) is 5.82. The quantitative estimate of drug-likeness (QED) is 0.896. The van der Waals surface area contributed by atoms with Gasteiger partial charge >= 0.3 is 6.03 Å². The number of rotatable bonds is 5. The van der Waals surface area contributed by atoms with Crippen LogP contribution in [0.3, 0.4) is 0 Å². The SMILES string of the molecule is CN(C)Cc1ccc(CN(C)C(=O)Nc2ccccc2Cl)cc1. The van der Waals surface area contributed by atoms with Crippen LogP contribution >= 0.6 is 11.6 Å². The molecule has 0 aromatic heterocycles. The molecule has 5 heteroatoms. The highest BCUT2D eigenvalue weighted by molar-refractivity contribution is 6.33. The number of nitrogens with zero attached hydrogens (tertiary/aromatic N) is 2. The van der Waals surface area contributed by atoms with E-state index in [4.69, 9.17) is 11.6 Å². The van der Waals surface area contributed by atoms with Crippen molar-refractivity contribution in [2.75, 3.05) is 26.5 Å². The molecule has 122 valence electrons. The van der Waals surface area contributed by atoms with Gasteiger partial charge in [-0.15, -0.1) is 0 Å². The Morgan fingerprint density at radius 3 is 2.09 bits per heavy atom. The summed E-state index contributed by atoms with van der Waals surface area (Å²) in [4.78, 5) is 16.0. The van der Waals surface area contributed by atoms with Crippen LogP contribution in [0.5, 0.6) is 0 Å². The molecule has 2 aromatic rings. The number of carbonyl (C=O) groups is 1. The van der Waals surface area contributed by atoms with Crippen molar-refractivity contribution in [2.45, 2.75) is 13.1 Å². The number of halogens is 1. The molecule has 2 rings (SSSR count). The Morgan fingerprint density at radius 2 is 1.52 bits per heavy atom. The predicted molar refractivity (Wildman–Crippen MR) is 95.8 cm³/mol. The zero-order chi connectivity index (χ0) is 16.8. The first-order valence-corrected chi connectivity index (χ1v) is 7.82. The molecule has 0 aliphatic rings. The fourth-order valence-electron chi connectivity index (χ4n) is 2.23. The monoisotopic (exact) mass is 331 g/mol. The minimum Gasteiger partial charge on any atom is -0.323 e. The Labute approximate surface area is 142 Å². The summed E-state index contributed by atoms with van der Waals surface area (Å²) in [5.74, 6) is 0. The van der Waals surface area contributed by atoms with Gasteiger partial charge in [-0.05, 0) is 37.4 Å². The number of benzene rings is 2. The average molecular weight is 332 g/mol. The normalized spacial score (nSPS) is 10.7. The number of hydrogen-bond acceptors (Lipinski definition) is 2. The molecule has 2 aromatic carbocycles. The minimum absolute atomic E-state index is 0.185. The highest BCUT2D eigenvalue weighted by Crippen LogP contribution is 2.20. The largest absolute Gasteiger partial charge is 0.323 e. The van der Waals surface area contributed by atoms with Crippen LogP contribution in [0.2, 0.25) is 5.02 Å². The van der Waals surface area contributed by atoms with Crippen molar-refractivity contribution in [3.05, 3.63) is 64.7 Å². The van der Waals surface area contributed by atoms with Crippen LogP contribution in [0.1, 0.15) is 11.1 Å². The van der Waals surface area contributed by atoms with E-state index in [9.17, 15) is 4.79 Å². The Kier molecular flexibility index (Phi) is 6.02. The fourth-order valence-corrected chi connectivity index (χ4v) is 2.42. The van der Waals surface area contributed by atoms with E-state index < -0.39 is 0 Å². The van der Waals surface area contributed by atoms with Gasteiger partial charge in [0.15, 0.2) is 0 Å². The molecule has 0 atom stereocenters. The van der Waals surface area contributed by atoms with Crippen LogP contribution in [0.4, 0.5) is 10.5 Å². The number of carbonyl (C=O) groups excluding carboxylic acids is 1. The van der Waals surface area contributed by atoms with Crippen LogP contribution in [0.15, 0.2) is 48.5 Å². The van der Waals surface area contributed by atoms with E-state index in [1.54, 1.807) is 24.1 Å². The summed E-state index contributed by atoms with van der Waals surface area (Å²) >= 11 is 6.05. The molecule has 0 aliphatic heterocycles. The number of urea groups is 1. The van der Waals surface area contributed by atoms with Gasteiger partial charge in [0.25, 0.3) is 0 Å². The summed E-state index contributed by atoms with van der Waals surface area (Å²) in [7, 11) is 5.85. The van der Waals surface area contributed by atoms with Crippen LogP contribution in [0, 0.1) is 0 Å². The summed E-state index contributed by atoms with van der Waals surface area (Å²) in [6.45, 7) is 1.45. The molecule has 0 bridgehead atoms. The molecule has 2 amide bonds. The van der Waals surface area contributed by atoms with E-state index >= 15 is 0 Å². The van der Waals surface area contributed by atoms with E-state index in [1.165, 1.54) is 5.56 Å². The second-order valence-corrected chi connectivity index (χ2v) is 6.23. The Balaban J connectivity index is 1.94. The molecular weight excluding hydrogens is 310 g/mol. The van der Waals surface area contributed by atoms with Crippen LogP contribution < -0.4 is 5.32 Å². The minimum atomic E-state index is -0.185. The summed E-state index contributed by atoms with van der Waals surface area (Å²) in [6, 6.07) is 15.3. The van der Waals surface area contributed by atoms with Crippen molar-refractivity contribution in [1.82, 2.24) is 9.80 Å². The van der Waals surface area contributed by atoms with E-state index in [-0.39, 0.29) is 6.03 Å². The highest BCUT2D eigenvalue weighted by atomic mass is 35.5. The summed E-state index contributed by atoms with van der Waals surface area (Å²) < 4.78 is 0. The van der Waals surface area contributed by atoms with E-state index in [0.29, 0.717) is 17.3 Å². The Morgan fingerprint density at radius 1 is 0.957 bits per heavy atom. The molecule has 4 nitrogen and oxygen atoms in total. The first kappa shape index (κ1) is 17.3. The highest BCUT2D eigenvalue weighted by Gasteiger charge is 2.11. The van der Waals surface area contributed by atoms with Gasteiger partial charge in [0, 0.05) is 20.1 Å². The van der Waals surface area contributed by atoms with Crippen molar-refractivity contribution in [1.29, 1.82) is 0 Å². The number of hydrogen-bond donors (Lipinski definition) is 1. The van der Waals surface area contributed by atoms with Crippen molar-refractivity contribution < 1.29 is 4.79 Å². The lowest BCUT2D eigenvalue weighted by Gasteiger charge is -2.19. The molecule has 0 radical (unpaired) electrons. The first-order valence-electron chi connectivity index (χ1n) is 7.45. The topological polar surface area (TPSA) is 35.6 Å². The molecule has 0 spiro atoms. The number of para-hydroxylation sites is 1. The second kappa shape index (κ2) is 7.99. The van der Waals surface area contributed by atoms with Crippen LogP contribution in [-0.4, -0.2) is 37.0 Å². The maximum atomic E-state index is 12.2. The van der Waals surface area contributed by atoms with E-state index in [1.807, 2.05) is 26.2 Å². The number of amides is 2. The fraction of sp³-hybridized carbons (Fsp3) is 0.278. The van der Waals surface area contributed by atoms with Gasteiger partial charge in [0.2, 0.25) is 0 Å². The van der Waals surface area contributed by atoms with E-state index in [0.717, 1.165) is 12.1 Å². The smallest absolute Gasteiger partial charge is 0.321 e. The lowest BCUT2D eigenvalue weighted by molar-refractivity contribution is 0.220.